The van der Waals surface area contributed by atoms with E-state index in [2.05, 4.69) is 30.9 Å². The molecule has 0 aliphatic carbocycles. The SMILES string of the molecule is CC(C)(C)c1ccc(N(C=O)c2cn3nc(-c4ccoc4)ccc3n2)cc1. The van der Waals surface area contributed by atoms with Crippen LogP contribution in [0.2, 0.25) is 0 Å². The normalized spacial score (nSPS) is 11.7. The third kappa shape index (κ3) is 3.21. The van der Waals surface area contributed by atoms with Gasteiger partial charge in [0.25, 0.3) is 0 Å². The quantitative estimate of drug-likeness (QED) is 0.500. The van der Waals surface area contributed by atoms with Gasteiger partial charge in [0, 0.05) is 5.56 Å². The van der Waals surface area contributed by atoms with Gasteiger partial charge in [-0.1, -0.05) is 32.9 Å². The van der Waals surface area contributed by atoms with E-state index in [9.17, 15) is 4.79 Å². The summed E-state index contributed by atoms with van der Waals surface area (Å²) in [5, 5.41) is 4.55. The lowest BCUT2D eigenvalue weighted by molar-refractivity contribution is -0.106. The van der Waals surface area contributed by atoms with Crippen LogP contribution < -0.4 is 4.90 Å². The van der Waals surface area contributed by atoms with Gasteiger partial charge in [0.1, 0.15) is 0 Å². The molecule has 3 heterocycles. The molecule has 0 N–H and O–H groups in total. The minimum atomic E-state index is 0.0566. The van der Waals surface area contributed by atoms with Crippen molar-refractivity contribution >= 4 is 23.6 Å². The molecule has 0 saturated heterocycles. The molecule has 136 valence electrons. The number of carbonyl (C=O) groups is 1. The zero-order valence-corrected chi connectivity index (χ0v) is 15.5. The first-order valence-electron chi connectivity index (χ1n) is 8.70. The van der Waals surface area contributed by atoms with Gasteiger partial charge < -0.3 is 4.42 Å². The van der Waals surface area contributed by atoms with Crippen LogP contribution in [0.1, 0.15) is 26.3 Å². The highest BCUT2D eigenvalue weighted by molar-refractivity contribution is 5.85. The van der Waals surface area contributed by atoms with E-state index < -0.39 is 0 Å². The molecule has 27 heavy (non-hydrogen) atoms. The number of nitrogens with zero attached hydrogens (tertiary/aromatic N) is 4. The monoisotopic (exact) mass is 360 g/mol. The molecule has 0 radical (unpaired) electrons. The first-order valence-corrected chi connectivity index (χ1v) is 8.70. The summed E-state index contributed by atoms with van der Waals surface area (Å²) in [6.45, 7) is 6.47. The maximum Gasteiger partial charge on any atom is 0.219 e. The zero-order chi connectivity index (χ0) is 19.0. The van der Waals surface area contributed by atoms with Gasteiger partial charge in [0.15, 0.2) is 11.5 Å². The van der Waals surface area contributed by atoms with Crippen molar-refractivity contribution < 1.29 is 9.21 Å². The number of hydrogen-bond donors (Lipinski definition) is 0. The number of imidazole rings is 1. The summed E-state index contributed by atoms with van der Waals surface area (Å²) in [6.07, 6.45) is 5.76. The Kier molecular flexibility index (Phi) is 4.03. The van der Waals surface area contributed by atoms with E-state index in [1.807, 2.05) is 42.5 Å². The van der Waals surface area contributed by atoms with Crippen molar-refractivity contribution in [2.45, 2.75) is 26.2 Å². The molecule has 0 bridgehead atoms. The number of fused-ring (bicyclic) bond motifs is 1. The van der Waals surface area contributed by atoms with Gasteiger partial charge >= 0.3 is 0 Å². The minimum absolute atomic E-state index is 0.0566. The fraction of sp³-hybridized carbons (Fsp3) is 0.190. The van der Waals surface area contributed by atoms with E-state index >= 15 is 0 Å². The second-order valence-corrected chi connectivity index (χ2v) is 7.40. The number of hydrogen-bond acceptors (Lipinski definition) is 4. The molecule has 0 saturated carbocycles. The number of anilines is 2. The van der Waals surface area contributed by atoms with Crippen LogP contribution in [-0.2, 0) is 10.2 Å². The fourth-order valence-electron chi connectivity index (χ4n) is 2.92. The van der Waals surface area contributed by atoms with E-state index in [1.54, 1.807) is 23.2 Å². The van der Waals surface area contributed by atoms with Gasteiger partial charge in [0.2, 0.25) is 6.41 Å². The molecule has 0 spiro atoms. The Morgan fingerprint density at radius 3 is 2.48 bits per heavy atom. The lowest BCUT2D eigenvalue weighted by Gasteiger charge is -2.20. The topological polar surface area (TPSA) is 63.6 Å². The molecule has 4 rings (SSSR count). The van der Waals surface area contributed by atoms with E-state index in [-0.39, 0.29) is 5.41 Å². The van der Waals surface area contributed by atoms with E-state index in [0.29, 0.717) is 11.5 Å². The van der Waals surface area contributed by atoms with Crippen LogP contribution in [-0.4, -0.2) is 21.0 Å². The van der Waals surface area contributed by atoms with Crippen molar-refractivity contribution in [2.75, 3.05) is 4.90 Å². The lowest BCUT2D eigenvalue weighted by Crippen LogP contribution is -2.15. The number of rotatable bonds is 4. The molecule has 1 aromatic carbocycles. The summed E-state index contributed by atoms with van der Waals surface area (Å²) in [7, 11) is 0. The summed E-state index contributed by atoms with van der Waals surface area (Å²) in [6, 6.07) is 13.5. The highest BCUT2D eigenvalue weighted by atomic mass is 16.3. The Morgan fingerprint density at radius 2 is 1.85 bits per heavy atom. The summed E-state index contributed by atoms with van der Waals surface area (Å²) < 4.78 is 6.78. The van der Waals surface area contributed by atoms with Crippen molar-refractivity contribution in [3.63, 3.8) is 0 Å². The molecule has 0 aliphatic heterocycles. The first kappa shape index (κ1) is 17.0. The van der Waals surface area contributed by atoms with E-state index in [0.717, 1.165) is 23.4 Å². The summed E-state index contributed by atoms with van der Waals surface area (Å²) in [4.78, 5) is 17.8. The lowest BCUT2D eigenvalue weighted by atomic mass is 9.87. The predicted molar refractivity (Wildman–Crippen MR) is 104 cm³/mol. The first-order chi connectivity index (χ1) is 13.0. The molecule has 4 aromatic rings. The Morgan fingerprint density at radius 1 is 1.07 bits per heavy atom. The van der Waals surface area contributed by atoms with Crippen molar-refractivity contribution in [3.05, 3.63) is 66.8 Å². The van der Waals surface area contributed by atoms with Crippen LogP contribution in [0.25, 0.3) is 16.9 Å². The fourth-order valence-corrected chi connectivity index (χ4v) is 2.92. The molecule has 0 atom stereocenters. The molecule has 3 aromatic heterocycles. The Labute approximate surface area is 157 Å². The standard InChI is InChI=1S/C21H20N4O2/c1-21(2,3)16-4-6-17(7-5-16)24(14-26)20-12-25-19(22-20)9-8-18(23-25)15-10-11-27-13-15/h4-14H,1-3H3. The predicted octanol–water partition coefficient (Wildman–Crippen LogP) is 4.58. The van der Waals surface area contributed by atoms with Crippen molar-refractivity contribution in [3.8, 4) is 11.3 Å². The maximum absolute atomic E-state index is 11.8. The number of aromatic nitrogens is 3. The number of amides is 1. The van der Waals surface area contributed by atoms with Gasteiger partial charge in [0.05, 0.1) is 30.1 Å². The molecule has 1 amide bonds. The summed E-state index contributed by atoms with van der Waals surface area (Å²) in [5.74, 6) is 0.519. The third-order valence-corrected chi connectivity index (χ3v) is 4.49. The van der Waals surface area contributed by atoms with Gasteiger partial charge in [-0.3, -0.25) is 9.69 Å². The van der Waals surface area contributed by atoms with Crippen LogP contribution in [0, 0.1) is 0 Å². The molecular weight excluding hydrogens is 340 g/mol. The Balaban J connectivity index is 1.70. The van der Waals surface area contributed by atoms with Crippen LogP contribution >= 0.6 is 0 Å². The van der Waals surface area contributed by atoms with Crippen LogP contribution in [0.15, 0.2) is 65.6 Å². The number of furan rings is 1. The van der Waals surface area contributed by atoms with Gasteiger partial charge in [-0.2, -0.15) is 5.10 Å². The van der Waals surface area contributed by atoms with Crippen molar-refractivity contribution in [1.29, 1.82) is 0 Å². The van der Waals surface area contributed by atoms with Crippen LogP contribution in [0.5, 0.6) is 0 Å². The number of benzene rings is 1. The molecule has 0 aliphatic rings. The van der Waals surface area contributed by atoms with Crippen molar-refractivity contribution in [1.82, 2.24) is 14.6 Å². The van der Waals surface area contributed by atoms with Gasteiger partial charge in [-0.05, 0) is 41.3 Å². The minimum Gasteiger partial charge on any atom is -0.472 e. The average molecular weight is 360 g/mol. The highest BCUT2D eigenvalue weighted by Crippen LogP contribution is 2.28. The van der Waals surface area contributed by atoms with Crippen LogP contribution in [0.4, 0.5) is 11.5 Å². The third-order valence-electron chi connectivity index (χ3n) is 4.49. The second-order valence-electron chi connectivity index (χ2n) is 7.40. The van der Waals surface area contributed by atoms with E-state index in [4.69, 9.17) is 4.42 Å². The molecule has 6 nitrogen and oxygen atoms in total. The summed E-state index contributed by atoms with van der Waals surface area (Å²) in [5.41, 5.74) is 4.34. The van der Waals surface area contributed by atoms with Crippen molar-refractivity contribution in [2.24, 2.45) is 0 Å². The van der Waals surface area contributed by atoms with Gasteiger partial charge in [-0.15, -0.1) is 0 Å². The smallest absolute Gasteiger partial charge is 0.219 e. The molecule has 6 heteroatoms. The van der Waals surface area contributed by atoms with E-state index in [1.165, 1.54) is 10.5 Å². The number of carbonyl (C=O) groups excluding carboxylic acids is 1. The highest BCUT2D eigenvalue weighted by Gasteiger charge is 2.17. The average Bonchev–Trinajstić information content (AvgIpc) is 3.31. The van der Waals surface area contributed by atoms with Crippen LogP contribution in [0.3, 0.4) is 0 Å². The Hall–Kier alpha value is -3.41. The molecule has 0 fully saturated rings. The summed E-state index contributed by atoms with van der Waals surface area (Å²) >= 11 is 0. The maximum atomic E-state index is 11.8. The largest absolute Gasteiger partial charge is 0.472 e. The van der Waals surface area contributed by atoms with Gasteiger partial charge in [-0.25, -0.2) is 9.50 Å². The zero-order valence-electron chi connectivity index (χ0n) is 15.5. The molecule has 0 unspecified atom stereocenters. The Bertz CT molecular complexity index is 1070. The second kappa shape index (κ2) is 6.39. The molecular formula is C21H20N4O2.